The molecule has 1 aromatic carbocycles. The fraction of sp³-hybridized carbons (Fsp3) is 0.500. The lowest BCUT2D eigenvalue weighted by Gasteiger charge is -2.28. The standard InChI is InChI=1S/C12H19N3O3S/c13-14-10-6-2-4-8-12(10)19(17,18)15-9-5-1-3-7-11(9)16/h2,4,6,8-9,11,14-16H,1,3,5,7,13H2. The van der Waals surface area contributed by atoms with Gasteiger partial charge in [0.05, 0.1) is 11.8 Å². The molecule has 5 N–H and O–H groups in total. The Kier molecular flexibility index (Phi) is 4.41. The van der Waals surface area contributed by atoms with Crippen molar-refractivity contribution in [1.82, 2.24) is 4.72 Å². The van der Waals surface area contributed by atoms with Gasteiger partial charge in [0, 0.05) is 6.04 Å². The Morgan fingerprint density at radius 1 is 1.21 bits per heavy atom. The van der Waals surface area contributed by atoms with Crippen LogP contribution in [0.2, 0.25) is 0 Å². The van der Waals surface area contributed by atoms with Crippen molar-refractivity contribution in [2.45, 2.75) is 42.7 Å². The third-order valence-electron chi connectivity index (χ3n) is 3.37. The van der Waals surface area contributed by atoms with Crippen LogP contribution in [0, 0.1) is 0 Å². The molecule has 1 fully saturated rings. The largest absolute Gasteiger partial charge is 0.391 e. The molecule has 106 valence electrons. The number of hydrogen-bond acceptors (Lipinski definition) is 5. The monoisotopic (exact) mass is 285 g/mol. The van der Waals surface area contributed by atoms with Crippen LogP contribution >= 0.6 is 0 Å². The van der Waals surface area contributed by atoms with Gasteiger partial charge in [-0.05, 0) is 25.0 Å². The smallest absolute Gasteiger partial charge is 0.243 e. The van der Waals surface area contributed by atoms with E-state index in [-0.39, 0.29) is 4.90 Å². The molecule has 2 atom stereocenters. The molecule has 0 aromatic heterocycles. The second-order valence-corrected chi connectivity index (χ2v) is 6.40. The lowest BCUT2D eigenvalue weighted by Crippen LogP contribution is -2.45. The third-order valence-corrected chi connectivity index (χ3v) is 4.92. The van der Waals surface area contributed by atoms with Gasteiger partial charge in [-0.15, -0.1) is 0 Å². The lowest BCUT2D eigenvalue weighted by atomic mass is 9.93. The molecule has 7 heteroatoms. The fourth-order valence-electron chi connectivity index (χ4n) is 2.33. The van der Waals surface area contributed by atoms with Crippen molar-refractivity contribution in [3.8, 4) is 0 Å². The number of aliphatic hydroxyl groups is 1. The molecule has 1 aliphatic carbocycles. The number of hydrogen-bond donors (Lipinski definition) is 4. The third kappa shape index (κ3) is 3.24. The van der Waals surface area contributed by atoms with Crippen LogP contribution in [-0.2, 0) is 10.0 Å². The van der Waals surface area contributed by atoms with E-state index < -0.39 is 22.2 Å². The maximum Gasteiger partial charge on any atom is 0.243 e. The predicted molar refractivity (Wildman–Crippen MR) is 72.8 cm³/mol. The number of nitrogens with two attached hydrogens (primary N) is 1. The van der Waals surface area contributed by atoms with Crippen molar-refractivity contribution in [1.29, 1.82) is 0 Å². The van der Waals surface area contributed by atoms with E-state index in [1.165, 1.54) is 6.07 Å². The molecule has 1 saturated carbocycles. The Labute approximate surface area is 113 Å². The minimum Gasteiger partial charge on any atom is -0.391 e. The fourth-order valence-corrected chi connectivity index (χ4v) is 3.81. The average molecular weight is 285 g/mol. The normalized spacial score (nSPS) is 24.1. The molecule has 0 heterocycles. The highest BCUT2D eigenvalue weighted by atomic mass is 32.2. The Balaban J connectivity index is 2.22. The van der Waals surface area contributed by atoms with Crippen LogP contribution in [0.4, 0.5) is 5.69 Å². The van der Waals surface area contributed by atoms with E-state index >= 15 is 0 Å². The number of rotatable bonds is 4. The predicted octanol–water partition coefficient (Wildman–Crippen LogP) is 0.554. The summed E-state index contributed by atoms with van der Waals surface area (Å²) in [6.45, 7) is 0. The molecule has 0 amide bonds. The molecule has 0 radical (unpaired) electrons. The number of benzene rings is 1. The zero-order chi connectivity index (χ0) is 13.9. The highest BCUT2D eigenvalue weighted by molar-refractivity contribution is 7.89. The summed E-state index contributed by atoms with van der Waals surface area (Å²) in [7, 11) is -3.69. The SMILES string of the molecule is NNc1ccccc1S(=O)(=O)NC1CCCCC1O. The lowest BCUT2D eigenvalue weighted by molar-refractivity contribution is 0.101. The van der Waals surface area contributed by atoms with Gasteiger partial charge in [0.15, 0.2) is 0 Å². The van der Waals surface area contributed by atoms with Crippen molar-refractivity contribution in [3.05, 3.63) is 24.3 Å². The molecule has 0 saturated heterocycles. The number of para-hydroxylation sites is 1. The van der Waals surface area contributed by atoms with Crippen molar-refractivity contribution in [2.24, 2.45) is 5.84 Å². The summed E-state index contributed by atoms with van der Waals surface area (Å²) in [6.07, 6.45) is 2.51. The Morgan fingerprint density at radius 3 is 2.58 bits per heavy atom. The number of nitrogens with one attached hydrogen (secondary N) is 2. The Bertz CT molecular complexity index is 533. The molecule has 2 unspecified atom stereocenters. The van der Waals surface area contributed by atoms with Crippen molar-refractivity contribution < 1.29 is 13.5 Å². The van der Waals surface area contributed by atoms with Gasteiger partial charge in [0.25, 0.3) is 0 Å². The second-order valence-electron chi connectivity index (χ2n) is 4.72. The van der Waals surface area contributed by atoms with Gasteiger partial charge in [-0.1, -0.05) is 25.0 Å². The molecular formula is C12H19N3O3S. The summed E-state index contributed by atoms with van der Waals surface area (Å²) in [5, 5.41) is 9.84. The summed E-state index contributed by atoms with van der Waals surface area (Å²) < 4.78 is 27.2. The van der Waals surface area contributed by atoms with Crippen LogP contribution in [0.1, 0.15) is 25.7 Å². The van der Waals surface area contributed by atoms with Gasteiger partial charge >= 0.3 is 0 Å². The molecule has 1 aliphatic rings. The highest BCUT2D eigenvalue weighted by Gasteiger charge is 2.29. The van der Waals surface area contributed by atoms with Gasteiger partial charge in [0.2, 0.25) is 10.0 Å². The summed E-state index contributed by atoms with van der Waals surface area (Å²) in [4.78, 5) is 0.0928. The van der Waals surface area contributed by atoms with E-state index in [0.29, 0.717) is 18.5 Å². The van der Waals surface area contributed by atoms with E-state index in [2.05, 4.69) is 10.1 Å². The van der Waals surface area contributed by atoms with Gasteiger partial charge < -0.3 is 10.5 Å². The minimum atomic E-state index is -3.69. The molecule has 1 aromatic rings. The van der Waals surface area contributed by atoms with E-state index in [9.17, 15) is 13.5 Å². The molecule has 6 nitrogen and oxygen atoms in total. The molecule has 0 spiro atoms. The first kappa shape index (κ1) is 14.3. The molecule has 0 aliphatic heterocycles. The van der Waals surface area contributed by atoms with Crippen molar-refractivity contribution in [3.63, 3.8) is 0 Å². The zero-order valence-electron chi connectivity index (χ0n) is 10.5. The van der Waals surface area contributed by atoms with E-state index in [0.717, 1.165) is 12.8 Å². The number of sulfonamides is 1. The van der Waals surface area contributed by atoms with Crippen LogP contribution in [-0.4, -0.2) is 25.7 Å². The Morgan fingerprint density at radius 2 is 1.89 bits per heavy atom. The van der Waals surface area contributed by atoms with E-state index in [4.69, 9.17) is 5.84 Å². The first-order chi connectivity index (χ1) is 9.04. The second kappa shape index (κ2) is 5.87. The van der Waals surface area contributed by atoms with Crippen molar-refractivity contribution >= 4 is 15.7 Å². The molecular weight excluding hydrogens is 266 g/mol. The number of anilines is 1. The van der Waals surface area contributed by atoms with Gasteiger partial charge in [-0.3, -0.25) is 5.84 Å². The van der Waals surface area contributed by atoms with Crippen molar-refractivity contribution in [2.75, 3.05) is 5.43 Å². The minimum absolute atomic E-state index is 0.0928. The first-order valence-electron chi connectivity index (χ1n) is 6.30. The zero-order valence-corrected chi connectivity index (χ0v) is 11.4. The topological polar surface area (TPSA) is 104 Å². The molecule has 19 heavy (non-hydrogen) atoms. The molecule has 2 rings (SSSR count). The number of hydrazine groups is 1. The van der Waals surface area contributed by atoms with E-state index in [1.807, 2.05) is 0 Å². The Hall–Kier alpha value is -1.15. The number of aliphatic hydroxyl groups excluding tert-OH is 1. The van der Waals surface area contributed by atoms with Crippen LogP contribution in [0.5, 0.6) is 0 Å². The maximum atomic E-state index is 12.3. The average Bonchev–Trinajstić information content (AvgIpc) is 2.41. The van der Waals surface area contributed by atoms with Crippen LogP contribution in [0.15, 0.2) is 29.2 Å². The van der Waals surface area contributed by atoms with Gasteiger partial charge in [0.1, 0.15) is 4.90 Å². The highest BCUT2D eigenvalue weighted by Crippen LogP contribution is 2.23. The quantitative estimate of drug-likeness (QED) is 0.478. The van der Waals surface area contributed by atoms with Gasteiger partial charge in [-0.2, -0.15) is 0 Å². The van der Waals surface area contributed by atoms with Crippen LogP contribution in [0.3, 0.4) is 0 Å². The summed E-state index contributed by atoms with van der Waals surface area (Å²) in [6, 6.07) is 5.97. The first-order valence-corrected chi connectivity index (χ1v) is 7.79. The maximum absolute atomic E-state index is 12.3. The summed E-state index contributed by atoms with van der Waals surface area (Å²) >= 11 is 0. The van der Waals surface area contributed by atoms with E-state index in [1.54, 1.807) is 18.2 Å². The van der Waals surface area contributed by atoms with Gasteiger partial charge in [-0.25, -0.2) is 13.1 Å². The summed E-state index contributed by atoms with van der Waals surface area (Å²) in [5.74, 6) is 5.32. The number of nitrogen functional groups attached to an aromatic ring is 1. The van der Waals surface area contributed by atoms with Crippen LogP contribution < -0.4 is 16.0 Å². The summed E-state index contributed by atoms with van der Waals surface area (Å²) in [5.41, 5.74) is 2.70. The van der Waals surface area contributed by atoms with Crippen LogP contribution in [0.25, 0.3) is 0 Å². The molecule has 0 bridgehead atoms.